The van der Waals surface area contributed by atoms with Crippen LogP contribution >= 0.6 is 0 Å². The first-order chi connectivity index (χ1) is 8.38. The minimum atomic E-state index is 0.712. The maximum absolute atomic E-state index is 8.90. The van der Waals surface area contributed by atoms with E-state index >= 15 is 0 Å². The lowest BCUT2D eigenvalue weighted by atomic mass is 9.93. The topological polar surface area (TPSA) is 54.5 Å². The van der Waals surface area contributed by atoms with Gasteiger partial charge in [0.15, 0.2) is 0 Å². The fourth-order valence-corrected chi connectivity index (χ4v) is 2.14. The average Bonchev–Trinajstić information content (AvgIpc) is 2.91. The molecule has 82 valence electrons. The lowest BCUT2D eigenvalue weighted by Crippen LogP contribution is -2.07. The van der Waals surface area contributed by atoms with Gasteiger partial charge in [-0.3, -0.25) is 0 Å². The molecular formula is C13H10N4. The minimum Gasteiger partial charge on any atom is -0.223 e. The number of benzene rings is 1. The Bertz CT molecular complexity index is 617. The predicted molar refractivity (Wildman–Crippen MR) is 62.9 cm³/mol. The minimum absolute atomic E-state index is 0.712. The molecule has 0 unspecified atom stereocenters. The second-order valence-corrected chi connectivity index (χ2v) is 3.95. The van der Waals surface area contributed by atoms with Crippen molar-refractivity contribution in [2.75, 3.05) is 0 Å². The highest BCUT2D eigenvalue weighted by Gasteiger charge is 2.14. The molecule has 0 N–H and O–H groups in total. The molecule has 4 nitrogen and oxygen atoms in total. The number of nitrogens with zero attached hydrogens (tertiary/aromatic N) is 4. The molecule has 0 saturated heterocycles. The number of aromatic nitrogens is 3. The third-order valence-corrected chi connectivity index (χ3v) is 2.93. The Labute approximate surface area is 98.8 Å². The van der Waals surface area contributed by atoms with Gasteiger partial charge >= 0.3 is 0 Å². The lowest BCUT2D eigenvalue weighted by molar-refractivity contribution is 0.865. The maximum Gasteiger partial charge on any atom is 0.138 e. The van der Waals surface area contributed by atoms with Crippen molar-refractivity contribution in [3.8, 4) is 6.07 Å². The fourth-order valence-electron chi connectivity index (χ4n) is 2.14. The standard InChI is InChI=1S/C13H10N4/c14-7-10-4-5-12-11(6-10)2-1-3-13(12)17-9-15-8-16-17/h3-6,8-9H,1-2H2. The summed E-state index contributed by atoms with van der Waals surface area (Å²) >= 11 is 0. The van der Waals surface area contributed by atoms with Crippen molar-refractivity contribution in [1.82, 2.24) is 14.8 Å². The molecule has 0 bridgehead atoms. The van der Waals surface area contributed by atoms with Gasteiger partial charge in [0.05, 0.1) is 17.3 Å². The molecule has 4 heteroatoms. The number of aryl methyl sites for hydroxylation is 1. The summed E-state index contributed by atoms with van der Waals surface area (Å²) in [6.45, 7) is 0. The maximum atomic E-state index is 8.90. The van der Waals surface area contributed by atoms with E-state index in [0.717, 1.165) is 24.1 Å². The first kappa shape index (κ1) is 9.79. The molecule has 17 heavy (non-hydrogen) atoms. The van der Waals surface area contributed by atoms with Crippen LogP contribution in [0.5, 0.6) is 0 Å². The Balaban J connectivity index is 2.12. The van der Waals surface area contributed by atoms with Crippen LogP contribution in [-0.4, -0.2) is 14.8 Å². The van der Waals surface area contributed by atoms with Gasteiger partial charge in [-0.1, -0.05) is 12.1 Å². The Morgan fingerprint density at radius 2 is 2.29 bits per heavy atom. The van der Waals surface area contributed by atoms with E-state index in [1.165, 1.54) is 11.9 Å². The molecule has 0 fully saturated rings. The fraction of sp³-hybridized carbons (Fsp3) is 0.154. The van der Waals surface area contributed by atoms with Crippen molar-refractivity contribution in [2.45, 2.75) is 12.8 Å². The Kier molecular flexibility index (Phi) is 2.23. The smallest absolute Gasteiger partial charge is 0.138 e. The molecule has 1 aliphatic carbocycles. The summed E-state index contributed by atoms with van der Waals surface area (Å²) in [6, 6.07) is 7.96. The van der Waals surface area contributed by atoms with E-state index < -0.39 is 0 Å². The second-order valence-electron chi connectivity index (χ2n) is 3.95. The lowest BCUT2D eigenvalue weighted by Gasteiger charge is -2.17. The van der Waals surface area contributed by atoms with Crippen LogP contribution in [0.3, 0.4) is 0 Å². The normalized spacial score (nSPS) is 13.7. The van der Waals surface area contributed by atoms with Crippen LogP contribution in [0.1, 0.15) is 23.1 Å². The van der Waals surface area contributed by atoms with Crippen molar-refractivity contribution in [3.05, 3.63) is 53.6 Å². The summed E-state index contributed by atoms with van der Waals surface area (Å²) in [5.74, 6) is 0. The van der Waals surface area contributed by atoms with Crippen molar-refractivity contribution < 1.29 is 0 Å². The van der Waals surface area contributed by atoms with Gasteiger partial charge < -0.3 is 0 Å². The zero-order chi connectivity index (χ0) is 11.7. The third kappa shape index (κ3) is 1.62. The first-order valence-corrected chi connectivity index (χ1v) is 5.47. The largest absolute Gasteiger partial charge is 0.223 e. The van der Waals surface area contributed by atoms with Gasteiger partial charge in [-0.15, -0.1) is 0 Å². The molecule has 2 aromatic rings. The second kappa shape index (κ2) is 3.87. The quantitative estimate of drug-likeness (QED) is 0.741. The van der Waals surface area contributed by atoms with Crippen LogP contribution in [0, 0.1) is 11.3 Å². The number of hydrogen-bond donors (Lipinski definition) is 0. The molecule has 1 heterocycles. The molecule has 0 radical (unpaired) electrons. The molecule has 3 rings (SSSR count). The van der Waals surface area contributed by atoms with Gasteiger partial charge in [0.25, 0.3) is 0 Å². The summed E-state index contributed by atoms with van der Waals surface area (Å²) in [4.78, 5) is 3.96. The Morgan fingerprint density at radius 1 is 1.35 bits per heavy atom. The zero-order valence-electron chi connectivity index (χ0n) is 9.17. The number of rotatable bonds is 1. The molecule has 0 atom stereocenters. The van der Waals surface area contributed by atoms with E-state index in [2.05, 4.69) is 22.2 Å². The molecule has 0 amide bonds. The van der Waals surface area contributed by atoms with Crippen molar-refractivity contribution in [3.63, 3.8) is 0 Å². The molecule has 0 saturated carbocycles. The zero-order valence-corrected chi connectivity index (χ0v) is 9.17. The van der Waals surface area contributed by atoms with E-state index in [9.17, 15) is 0 Å². The van der Waals surface area contributed by atoms with Gasteiger partial charge in [-0.25, -0.2) is 9.67 Å². The molecular weight excluding hydrogens is 212 g/mol. The molecule has 1 aromatic carbocycles. The number of nitriles is 1. The van der Waals surface area contributed by atoms with Crippen LogP contribution < -0.4 is 0 Å². The molecule has 0 spiro atoms. The average molecular weight is 222 g/mol. The number of hydrogen-bond acceptors (Lipinski definition) is 3. The van der Waals surface area contributed by atoms with Gasteiger partial charge in [-0.2, -0.15) is 10.4 Å². The van der Waals surface area contributed by atoms with Crippen LogP contribution in [0.4, 0.5) is 0 Å². The van der Waals surface area contributed by atoms with Crippen LogP contribution in [0.2, 0.25) is 0 Å². The summed E-state index contributed by atoms with van der Waals surface area (Å²) in [5, 5.41) is 13.1. The SMILES string of the molecule is N#Cc1ccc2c(c1)CCC=C2n1cncn1. The first-order valence-electron chi connectivity index (χ1n) is 5.47. The monoisotopic (exact) mass is 222 g/mol. The summed E-state index contributed by atoms with van der Waals surface area (Å²) in [5.41, 5.74) is 4.11. The van der Waals surface area contributed by atoms with Gasteiger partial charge in [0.2, 0.25) is 0 Å². The van der Waals surface area contributed by atoms with Crippen molar-refractivity contribution in [1.29, 1.82) is 5.26 Å². The van der Waals surface area contributed by atoms with Crippen molar-refractivity contribution in [2.24, 2.45) is 0 Å². The Morgan fingerprint density at radius 3 is 3.06 bits per heavy atom. The highest BCUT2D eigenvalue weighted by atomic mass is 15.3. The van der Waals surface area contributed by atoms with E-state index in [0.29, 0.717) is 5.56 Å². The van der Waals surface area contributed by atoms with Crippen LogP contribution in [-0.2, 0) is 6.42 Å². The third-order valence-electron chi connectivity index (χ3n) is 2.93. The summed E-state index contributed by atoms with van der Waals surface area (Å²) in [6.07, 6.45) is 7.32. The highest BCUT2D eigenvalue weighted by Crippen LogP contribution is 2.27. The van der Waals surface area contributed by atoms with E-state index in [-0.39, 0.29) is 0 Å². The van der Waals surface area contributed by atoms with Gasteiger partial charge in [0, 0.05) is 5.56 Å². The van der Waals surface area contributed by atoms with Crippen LogP contribution in [0.15, 0.2) is 36.9 Å². The van der Waals surface area contributed by atoms with E-state index in [1.54, 1.807) is 11.0 Å². The number of fused-ring (bicyclic) bond motifs is 1. The van der Waals surface area contributed by atoms with Crippen molar-refractivity contribution >= 4 is 5.70 Å². The molecule has 1 aromatic heterocycles. The number of allylic oxidation sites excluding steroid dienone is 1. The molecule has 1 aliphatic rings. The summed E-state index contributed by atoms with van der Waals surface area (Å²) in [7, 11) is 0. The Hall–Kier alpha value is -2.41. The summed E-state index contributed by atoms with van der Waals surface area (Å²) < 4.78 is 1.77. The highest BCUT2D eigenvalue weighted by molar-refractivity contribution is 5.70. The van der Waals surface area contributed by atoms with Crippen LogP contribution in [0.25, 0.3) is 5.70 Å². The van der Waals surface area contributed by atoms with Gasteiger partial charge in [-0.05, 0) is 30.5 Å². The predicted octanol–water partition coefficient (Wildman–Crippen LogP) is 1.99. The molecule has 0 aliphatic heterocycles. The van der Waals surface area contributed by atoms with E-state index in [4.69, 9.17) is 5.26 Å². The van der Waals surface area contributed by atoms with E-state index in [1.807, 2.05) is 18.2 Å². The van der Waals surface area contributed by atoms with Gasteiger partial charge in [0.1, 0.15) is 12.7 Å².